The Balaban J connectivity index is 2.07. The molecule has 4 heteroatoms. The van der Waals surface area contributed by atoms with Crippen LogP contribution in [0.1, 0.15) is 17.0 Å². The topological polar surface area (TPSA) is 64.4 Å². The van der Waals surface area contributed by atoms with Gasteiger partial charge in [0.05, 0.1) is 0 Å². The molecule has 104 valence electrons. The Morgan fingerprint density at radius 1 is 1.00 bits per heavy atom. The molecule has 0 saturated heterocycles. The molecule has 1 amide bonds. The number of carbonyl (C=O) groups is 1. The minimum atomic E-state index is -0.492. The highest BCUT2D eigenvalue weighted by Crippen LogP contribution is 2.23. The van der Waals surface area contributed by atoms with E-state index in [1.54, 1.807) is 0 Å². The van der Waals surface area contributed by atoms with E-state index in [9.17, 15) is 4.79 Å². The van der Waals surface area contributed by atoms with Crippen LogP contribution in [0.25, 0.3) is 0 Å². The number of hydrogen-bond acceptors (Lipinski definition) is 3. The van der Waals surface area contributed by atoms with Gasteiger partial charge < -0.3 is 5.73 Å². The molecule has 0 unspecified atom stereocenters. The zero-order valence-electron chi connectivity index (χ0n) is 11.2. The van der Waals surface area contributed by atoms with E-state index in [2.05, 4.69) is 29.7 Å². The number of nitrogens with two attached hydrogens (primary N) is 1. The van der Waals surface area contributed by atoms with Crippen molar-refractivity contribution in [3.8, 4) is 0 Å². The highest BCUT2D eigenvalue weighted by molar-refractivity contribution is 5.74. The van der Waals surface area contributed by atoms with Crippen molar-refractivity contribution >= 4 is 5.91 Å². The molecule has 0 aliphatic carbocycles. The predicted molar refractivity (Wildman–Crippen MR) is 77.9 cm³/mol. The highest BCUT2D eigenvalue weighted by Gasteiger charge is 2.13. The standard InChI is InChI=1S/C16H18N2O2/c17-16(19)12-20-18-11-15(13-7-3-1-4-8-13)14-9-5-2-6-10-14/h1-10,15,18H,11-12H2,(H2,17,19). The van der Waals surface area contributed by atoms with Crippen LogP contribution in [0.4, 0.5) is 0 Å². The van der Waals surface area contributed by atoms with Crippen molar-refractivity contribution in [3.05, 3.63) is 71.8 Å². The Morgan fingerprint density at radius 3 is 1.95 bits per heavy atom. The number of benzene rings is 2. The SMILES string of the molecule is NC(=O)CONCC(c1ccccc1)c1ccccc1. The molecule has 0 bridgehead atoms. The summed E-state index contributed by atoms with van der Waals surface area (Å²) in [5.74, 6) is -0.334. The van der Waals surface area contributed by atoms with Crippen molar-refractivity contribution in [2.45, 2.75) is 5.92 Å². The third-order valence-corrected chi connectivity index (χ3v) is 3.01. The first-order chi connectivity index (χ1) is 9.77. The molecule has 20 heavy (non-hydrogen) atoms. The number of hydrogen-bond donors (Lipinski definition) is 2. The van der Waals surface area contributed by atoms with Gasteiger partial charge in [0.25, 0.3) is 0 Å². The van der Waals surface area contributed by atoms with E-state index in [0.29, 0.717) is 6.54 Å². The summed E-state index contributed by atoms with van der Waals surface area (Å²) in [6.45, 7) is 0.442. The van der Waals surface area contributed by atoms with E-state index in [0.717, 1.165) is 0 Å². The summed E-state index contributed by atoms with van der Waals surface area (Å²) in [4.78, 5) is 15.7. The smallest absolute Gasteiger partial charge is 0.245 e. The van der Waals surface area contributed by atoms with Crippen molar-refractivity contribution < 1.29 is 9.63 Å². The van der Waals surface area contributed by atoms with Gasteiger partial charge in [-0.25, -0.2) is 5.48 Å². The number of carbonyl (C=O) groups excluding carboxylic acids is 1. The van der Waals surface area contributed by atoms with Crippen LogP contribution in [0.5, 0.6) is 0 Å². The Kier molecular flexibility index (Phi) is 5.29. The molecule has 2 rings (SSSR count). The molecule has 0 atom stereocenters. The van der Waals surface area contributed by atoms with Gasteiger partial charge in [0.15, 0.2) is 0 Å². The van der Waals surface area contributed by atoms with Gasteiger partial charge in [0, 0.05) is 12.5 Å². The zero-order chi connectivity index (χ0) is 14.2. The molecule has 0 fully saturated rings. The van der Waals surface area contributed by atoms with E-state index in [1.807, 2.05) is 36.4 Å². The Bertz CT molecular complexity index is 489. The molecule has 2 aromatic carbocycles. The Labute approximate surface area is 118 Å². The summed E-state index contributed by atoms with van der Waals surface area (Å²) < 4.78 is 0. The molecule has 3 N–H and O–H groups in total. The number of amides is 1. The van der Waals surface area contributed by atoms with Crippen LogP contribution in [0.15, 0.2) is 60.7 Å². The first kappa shape index (κ1) is 14.2. The molecule has 2 aromatic rings. The van der Waals surface area contributed by atoms with Gasteiger partial charge >= 0.3 is 0 Å². The van der Waals surface area contributed by atoms with Gasteiger partial charge in [-0.3, -0.25) is 9.63 Å². The Morgan fingerprint density at radius 2 is 1.50 bits per heavy atom. The minimum absolute atomic E-state index is 0.129. The van der Waals surface area contributed by atoms with Crippen LogP contribution >= 0.6 is 0 Å². The largest absolute Gasteiger partial charge is 0.368 e. The van der Waals surface area contributed by atoms with Crippen LogP contribution in [-0.4, -0.2) is 19.1 Å². The van der Waals surface area contributed by atoms with Gasteiger partial charge in [0.1, 0.15) is 6.61 Å². The number of hydroxylamine groups is 1. The average molecular weight is 270 g/mol. The second-order valence-corrected chi connectivity index (χ2v) is 4.48. The summed E-state index contributed by atoms with van der Waals surface area (Å²) >= 11 is 0. The zero-order valence-corrected chi connectivity index (χ0v) is 11.2. The van der Waals surface area contributed by atoms with Gasteiger partial charge in [-0.15, -0.1) is 0 Å². The average Bonchev–Trinajstić information content (AvgIpc) is 2.49. The fourth-order valence-electron chi connectivity index (χ4n) is 2.06. The summed E-state index contributed by atoms with van der Waals surface area (Å²) in [7, 11) is 0. The lowest BCUT2D eigenvalue weighted by Crippen LogP contribution is -2.28. The van der Waals surface area contributed by atoms with Gasteiger partial charge in [0.2, 0.25) is 5.91 Å². The molecule has 0 saturated carbocycles. The molecule has 0 aromatic heterocycles. The lowest BCUT2D eigenvalue weighted by molar-refractivity contribution is -0.125. The molecule has 0 aliphatic heterocycles. The van der Waals surface area contributed by atoms with Crippen molar-refractivity contribution in [1.29, 1.82) is 0 Å². The van der Waals surface area contributed by atoms with E-state index < -0.39 is 5.91 Å². The number of rotatable bonds is 7. The van der Waals surface area contributed by atoms with Crippen molar-refractivity contribution in [2.24, 2.45) is 5.73 Å². The highest BCUT2D eigenvalue weighted by atomic mass is 16.6. The lowest BCUT2D eigenvalue weighted by atomic mass is 9.91. The lowest BCUT2D eigenvalue weighted by Gasteiger charge is -2.18. The number of nitrogens with one attached hydrogen (secondary N) is 1. The van der Waals surface area contributed by atoms with Crippen LogP contribution in [-0.2, 0) is 9.63 Å². The normalized spacial score (nSPS) is 10.7. The molecule has 0 spiro atoms. The van der Waals surface area contributed by atoms with Crippen molar-refractivity contribution in [3.63, 3.8) is 0 Å². The summed E-state index contributed by atoms with van der Waals surface area (Å²) in [5.41, 5.74) is 10.2. The number of primary amides is 1. The van der Waals surface area contributed by atoms with Crippen LogP contribution in [0, 0.1) is 0 Å². The molecular weight excluding hydrogens is 252 g/mol. The molecular formula is C16H18N2O2. The maximum Gasteiger partial charge on any atom is 0.245 e. The summed E-state index contributed by atoms with van der Waals surface area (Å²) in [6, 6.07) is 20.3. The van der Waals surface area contributed by atoms with Crippen molar-refractivity contribution in [1.82, 2.24) is 5.48 Å². The van der Waals surface area contributed by atoms with Gasteiger partial charge in [-0.1, -0.05) is 60.7 Å². The van der Waals surface area contributed by atoms with E-state index in [4.69, 9.17) is 10.6 Å². The monoisotopic (exact) mass is 270 g/mol. The third-order valence-electron chi connectivity index (χ3n) is 3.01. The van der Waals surface area contributed by atoms with Crippen molar-refractivity contribution in [2.75, 3.05) is 13.2 Å². The second kappa shape index (κ2) is 7.43. The fourth-order valence-corrected chi connectivity index (χ4v) is 2.06. The predicted octanol–water partition coefficient (Wildman–Crippen LogP) is 1.82. The summed E-state index contributed by atoms with van der Waals surface area (Å²) in [6.07, 6.45) is 0. The molecule has 0 heterocycles. The first-order valence-electron chi connectivity index (χ1n) is 6.50. The second-order valence-electron chi connectivity index (χ2n) is 4.48. The molecule has 4 nitrogen and oxygen atoms in total. The minimum Gasteiger partial charge on any atom is -0.368 e. The molecule has 0 radical (unpaired) electrons. The van der Waals surface area contributed by atoms with Crippen LogP contribution < -0.4 is 11.2 Å². The maximum atomic E-state index is 10.6. The van der Waals surface area contributed by atoms with E-state index >= 15 is 0 Å². The first-order valence-corrected chi connectivity index (χ1v) is 6.50. The van der Waals surface area contributed by atoms with Crippen LogP contribution in [0.2, 0.25) is 0 Å². The van der Waals surface area contributed by atoms with E-state index in [1.165, 1.54) is 11.1 Å². The molecule has 0 aliphatic rings. The third kappa shape index (κ3) is 4.19. The van der Waals surface area contributed by atoms with E-state index in [-0.39, 0.29) is 12.5 Å². The maximum absolute atomic E-state index is 10.6. The quantitative estimate of drug-likeness (QED) is 0.596. The van der Waals surface area contributed by atoms with Crippen LogP contribution in [0.3, 0.4) is 0 Å². The van der Waals surface area contributed by atoms with Gasteiger partial charge in [-0.2, -0.15) is 0 Å². The van der Waals surface area contributed by atoms with Gasteiger partial charge in [-0.05, 0) is 11.1 Å². The summed E-state index contributed by atoms with van der Waals surface area (Å²) in [5, 5.41) is 0. The Hall–Kier alpha value is -2.17. The fraction of sp³-hybridized carbons (Fsp3) is 0.188.